The summed E-state index contributed by atoms with van der Waals surface area (Å²) >= 11 is 0. The van der Waals surface area contributed by atoms with E-state index in [9.17, 15) is 9.59 Å². The summed E-state index contributed by atoms with van der Waals surface area (Å²) in [5.41, 5.74) is 4.96. The van der Waals surface area contributed by atoms with Crippen molar-refractivity contribution in [1.82, 2.24) is 10.3 Å². The molecule has 0 fully saturated rings. The molecule has 3 atom stereocenters. The van der Waals surface area contributed by atoms with Crippen LogP contribution in [0.2, 0.25) is 0 Å². The highest BCUT2D eigenvalue weighted by molar-refractivity contribution is 5.96. The van der Waals surface area contributed by atoms with Crippen LogP contribution in [-0.4, -0.2) is 16.7 Å². The highest BCUT2D eigenvalue weighted by Gasteiger charge is 2.45. The van der Waals surface area contributed by atoms with E-state index in [0.29, 0.717) is 17.7 Å². The van der Waals surface area contributed by atoms with Gasteiger partial charge in [-0.3, -0.25) is 9.78 Å². The SMILES string of the molecule is CC1=C(C(=O)OCc2ccccc2)C(c2ccncc2)C2C(=O)CC(c3ccccc3)C=C2N1. The van der Waals surface area contributed by atoms with E-state index in [1.165, 1.54) is 0 Å². The minimum atomic E-state index is -0.467. The molecule has 5 nitrogen and oxygen atoms in total. The van der Waals surface area contributed by atoms with Crippen molar-refractivity contribution in [2.24, 2.45) is 5.92 Å². The first kappa shape index (κ1) is 21.8. The predicted octanol–water partition coefficient (Wildman–Crippen LogP) is 5.04. The van der Waals surface area contributed by atoms with Crippen LogP contribution < -0.4 is 5.32 Å². The van der Waals surface area contributed by atoms with Gasteiger partial charge in [-0.1, -0.05) is 66.7 Å². The minimum Gasteiger partial charge on any atom is -0.457 e. The van der Waals surface area contributed by atoms with Gasteiger partial charge in [-0.25, -0.2) is 4.79 Å². The third-order valence-corrected chi connectivity index (χ3v) is 6.59. The van der Waals surface area contributed by atoms with Crippen LogP contribution in [0, 0.1) is 5.92 Å². The van der Waals surface area contributed by atoms with Gasteiger partial charge < -0.3 is 10.1 Å². The third kappa shape index (κ3) is 4.29. The Morgan fingerprint density at radius 2 is 1.62 bits per heavy atom. The number of Topliss-reactive ketones (excluding diaryl/α,β-unsaturated/α-hetero) is 1. The fourth-order valence-corrected chi connectivity index (χ4v) is 4.99. The van der Waals surface area contributed by atoms with Crippen molar-refractivity contribution in [1.29, 1.82) is 0 Å². The summed E-state index contributed by atoms with van der Waals surface area (Å²) in [7, 11) is 0. The molecule has 0 bridgehead atoms. The normalized spacial score (nSPS) is 21.9. The molecule has 0 amide bonds. The first-order valence-electron chi connectivity index (χ1n) is 11.5. The number of hydrogen-bond acceptors (Lipinski definition) is 5. The van der Waals surface area contributed by atoms with Crippen LogP contribution in [0.1, 0.15) is 41.9 Å². The molecule has 1 aliphatic carbocycles. The molecule has 2 aliphatic rings. The van der Waals surface area contributed by atoms with Crippen LogP contribution in [0.5, 0.6) is 0 Å². The van der Waals surface area contributed by atoms with Gasteiger partial charge in [0.2, 0.25) is 0 Å². The summed E-state index contributed by atoms with van der Waals surface area (Å²) in [5, 5.41) is 3.38. The molecule has 0 saturated heterocycles. The smallest absolute Gasteiger partial charge is 0.336 e. The number of pyridine rings is 1. The number of fused-ring (bicyclic) bond motifs is 1. The Morgan fingerprint density at radius 1 is 0.941 bits per heavy atom. The Bertz CT molecular complexity index is 1250. The van der Waals surface area contributed by atoms with Crippen LogP contribution in [0.25, 0.3) is 0 Å². The second-order valence-corrected chi connectivity index (χ2v) is 8.77. The minimum absolute atomic E-state index is 0.00456. The Kier molecular flexibility index (Phi) is 6.09. The lowest BCUT2D eigenvalue weighted by Crippen LogP contribution is -2.41. The number of allylic oxidation sites excluding steroid dienone is 3. The zero-order chi connectivity index (χ0) is 23.5. The summed E-state index contributed by atoms with van der Waals surface area (Å²) in [6, 6.07) is 23.4. The number of nitrogens with one attached hydrogen (secondary N) is 1. The molecule has 170 valence electrons. The zero-order valence-corrected chi connectivity index (χ0v) is 19.0. The van der Waals surface area contributed by atoms with E-state index in [4.69, 9.17) is 4.74 Å². The van der Waals surface area contributed by atoms with E-state index in [1.54, 1.807) is 12.4 Å². The first-order valence-corrected chi connectivity index (χ1v) is 11.5. The van der Waals surface area contributed by atoms with Crippen molar-refractivity contribution >= 4 is 11.8 Å². The summed E-state index contributed by atoms with van der Waals surface area (Å²) in [6.45, 7) is 2.05. The van der Waals surface area contributed by atoms with Gasteiger partial charge in [0.1, 0.15) is 12.4 Å². The van der Waals surface area contributed by atoms with Gasteiger partial charge in [-0.15, -0.1) is 0 Å². The monoisotopic (exact) mass is 450 g/mol. The zero-order valence-electron chi connectivity index (χ0n) is 19.0. The molecule has 0 saturated carbocycles. The number of esters is 1. The predicted molar refractivity (Wildman–Crippen MR) is 129 cm³/mol. The number of rotatable bonds is 5. The van der Waals surface area contributed by atoms with Crippen molar-refractivity contribution in [2.75, 3.05) is 0 Å². The molecule has 1 N–H and O–H groups in total. The molecule has 3 aromatic rings. The maximum atomic E-state index is 13.6. The summed E-state index contributed by atoms with van der Waals surface area (Å²) in [4.78, 5) is 31.1. The topological polar surface area (TPSA) is 68.3 Å². The lowest BCUT2D eigenvalue weighted by Gasteiger charge is -2.39. The van der Waals surface area contributed by atoms with E-state index >= 15 is 0 Å². The lowest BCUT2D eigenvalue weighted by atomic mass is 9.69. The number of ketones is 1. The molecule has 0 spiro atoms. The van der Waals surface area contributed by atoms with Crippen molar-refractivity contribution in [3.63, 3.8) is 0 Å². The van der Waals surface area contributed by atoms with E-state index in [0.717, 1.165) is 22.4 Å². The lowest BCUT2D eigenvalue weighted by molar-refractivity contribution is -0.141. The van der Waals surface area contributed by atoms with Gasteiger partial charge in [-0.2, -0.15) is 0 Å². The average Bonchev–Trinajstić information content (AvgIpc) is 2.88. The fraction of sp³-hybridized carbons (Fsp3) is 0.207. The summed E-state index contributed by atoms with van der Waals surface area (Å²) in [6.07, 6.45) is 5.93. The highest BCUT2D eigenvalue weighted by Crippen LogP contribution is 2.46. The van der Waals surface area contributed by atoms with Crippen molar-refractivity contribution in [3.8, 4) is 0 Å². The first-order chi connectivity index (χ1) is 16.6. The molecular weight excluding hydrogens is 424 g/mol. The molecule has 2 aromatic carbocycles. The van der Waals surface area contributed by atoms with Crippen LogP contribution in [0.4, 0.5) is 0 Å². The van der Waals surface area contributed by atoms with Crippen LogP contribution in [0.15, 0.2) is 108 Å². The number of hydrogen-bond donors (Lipinski definition) is 1. The van der Waals surface area contributed by atoms with Crippen LogP contribution in [0.3, 0.4) is 0 Å². The maximum Gasteiger partial charge on any atom is 0.336 e. The second kappa shape index (κ2) is 9.48. The molecule has 34 heavy (non-hydrogen) atoms. The van der Waals surface area contributed by atoms with Crippen LogP contribution in [-0.2, 0) is 20.9 Å². The standard InChI is InChI=1S/C29H26N2O3/c1-19-26(29(33)34-18-20-8-4-2-5-9-20)27(22-12-14-30-15-13-22)28-24(31-19)16-23(17-25(28)32)21-10-6-3-7-11-21/h2-16,23,27-28,31H,17-18H2,1H3. The number of carbonyl (C=O) groups excluding carboxylic acids is 2. The van der Waals surface area contributed by atoms with E-state index in [2.05, 4.69) is 16.4 Å². The Morgan fingerprint density at radius 3 is 2.32 bits per heavy atom. The van der Waals surface area contributed by atoms with Gasteiger partial charge >= 0.3 is 5.97 Å². The molecule has 1 aliphatic heterocycles. The van der Waals surface area contributed by atoms with Gasteiger partial charge in [0.15, 0.2) is 0 Å². The van der Waals surface area contributed by atoms with Crippen molar-refractivity contribution < 1.29 is 14.3 Å². The molecule has 1 aromatic heterocycles. The van der Waals surface area contributed by atoms with Gasteiger partial charge in [0.05, 0.1) is 11.5 Å². The molecule has 3 unspecified atom stereocenters. The van der Waals surface area contributed by atoms with Gasteiger partial charge in [-0.05, 0) is 35.7 Å². The molecule has 2 heterocycles. The molecule has 5 heteroatoms. The molecule has 0 radical (unpaired) electrons. The Balaban J connectivity index is 1.52. The Hall–Kier alpha value is -3.99. The number of benzene rings is 2. The van der Waals surface area contributed by atoms with Gasteiger partial charge in [0.25, 0.3) is 0 Å². The number of aromatic nitrogens is 1. The summed E-state index contributed by atoms with van der Waals surface area (Å²) < 4.78 is 5.71. The second-order valence-electron chi connectivity index (χ2n) is 8.77. The average molecular weight is 451 g/mol. The maximum absolute atomic E-state index is 13.6. The summed E-state index contributed by atoms with van der Waals surface area (Å²) in [5.74, 6) is -1.19. The number of ether oxygens (including phenoxy) is 1. The van der Waals surface area contributed by atoms with Crippen molar-refractivity contribution in [2.45, 2.75) is 31.8 Å². The largest absolute Gasteiger partial charge is 0.457 e. The fourth-order valence-electron chi connectivity index (χ4n) is 4.99. The van der Waals surface area contributed by atoms with E-state index < -0.39 is 17.8 Å². The van der Waals surface area contributed by atoms with Gasteiger partial charge in [0, 0.05) is 42.0 Å². The Labute approximate surface area is 199 Å². The van der Waals surface area contributed by atoms with Crippen LogP contribution >= 0.6 is 0 Å². The number of nitrogens with zero attached hydrogens (tertiary/aromatic N) is 1. The quantitative estimate of drug-likeness (QED) is 0.552. The molecular formula is C29H26N2O3. The highest BCUT2D eigenvalue weighted by atomic mass is 16.5. The van der Waals surface area contributed by atoms with E-state index in [-0.39, 0.29) is 18.3 Å². The third-order valence-electron chi connectivity index (χ3n) is 6.59. The number of carbonyl (C=O) groups is 2. The van der Waals surface area contributed by atoms with E-state index in [1.807, 2.05) is 79.7 Å². The van der Waals surface area contributed by atoms with Crippen molar-refractivity contribution in [3.05, 3.63) is 125 Å². The molecule has 5 rings (SSSR count).